The molecule has 0 saturated carbocycles. The van der Waals surface area contributed by atoms with E-state index in [1.165, 1.54) is 29.0 Å². The van der Waals surface area contributed by atoms with Crippen molar-refractivity contribution in [3.63, 3.8) is 0 Å². The summed E-state index contributed by atoms with van der Waals surface area (Å²) >= 11 is 8.83. The number of carbonyl (C=O) groups is 1. The molecule has 0 atom stereocenters. The summed E-state index contributed by atoms with van der Waals surface area (Å²) in [4.78, 5) is 26.3. The quantitative estimate of drug-likeness (QED) is 0.526. The Morgan fingerprint density at radius 1 is 1.30 bits per heavy atom. The molecule has 4 rings (SSSR count). The molecule has 138 valence electrons. The lowest BCUT2D eigenvalue weighted by molar-refractivity contribution is -0.116. The van der Waals surface area contributed by atoms with Crippen molar-refractivity contribution >= 4 is 51.1 Å². The first-order valence-electron chi connectivity index (χ1n) is 8.18. The fourth-order valence-corrected chi connectivity index (χ4v) is 4.64. The minimum Gasteiger partial charge on any atom is -0.302 e. The van der Waals surface area contributed by atoms with Crippen molar-refractivity contribution < 1.29 is 4.79 Å². The Bertz CT molecular complexity index is 1130. The summed E-state index contributed by atoms with van der Waals surface area (Å²) < 4.78 is 2.41. The molecule has 0 bridgehead atoms. The van der Waals surface area contributed by atoms with Crippen LogP contribution in [-0.2, 0) is 11.2 Å². The van der Waals surface area contributed by atoms with E-state index in [4.69, 9.17) is 11.6 Å². The molecule has 1 amide bonds. The van der Waals surface area contributed by atoms with Gasteiger partial charge in [0.05, 0.1) is 14.9 Å². The van der Waals surface area contributed by atoms with E-state index in [1.807, 2.05) is 31.4 Å². The van der Waals surface area contributed by atoms with E-state index < -0.39 is 0 Å². The van der Waals surface area contributed by atoms with E-state index in [1.54, 1.807) is 4.52 Å². The average Bonchev–Trinajstić information content (AvgIpc) is 3.35. The lowest BCUT2D eigenvalue weighted by Gasteiger charge is -2.10. The van der Waals surface area contributed by atoms with Crippen LogP contribution in [0.15, 0.2) is 23.8 Å². The van der Waals surface area contributed by atoms with Crippen LogP contribution in [0.25, 0.3) is 16.3 Å². The summed E-state index contributed by atoms with van der Waals surface area (Å²) in [5, 5.41) is 9.53. The minimum absolute atomic E-state index is 0.0856. The zero-order chi connectivity index (χ0) is 19.0. The summed E-state index contributed by atoms with van der Waals surface area (Å²) in [7, 11) is 0. The number of fused-ring (bicyclic) bond motifs is 1. The maximum atomic E-state index is 12.4. The second-order valence-electron chi connectivity index (χ2n) is 5.92. The molecule has 0 fully saturated rings. The minimum atomic E-state index is -0.0856. The van der Waals surface area contributed by atoms with Crippen molar-refractivity contribution in [1.82, 2.24) is 24.6 Å². The predicted octanol–water partition coefficient (Wildman–Crippen LogP) is 4.15. The summed E-state index contributed by atoms with van der Waals surface area (Å²) in [6.07, 6.45) is 2.39. The molecule has 0 aliphatic carbocycles. The number of hydrogen-bond donors (Lipinski definition) is 1. The monoisotopic (exact) mass is 418 g/mol. The molecule has 0 unspecified atom stereocenters. The number of nitrogens with zero attached hydrogens (tertiary/aromatic N) is 5. The first kappa shape index (κ1) is 18.0. The van der Waals surface area contributed by atoms with Gasteiger partial charge in [-0.2, -0.15) is 10.1 Å². The Kier molecular flexibility index (Phi) is 4.90. The Labute approximate surface area is 168 Å². The van der Waals surface area contributed by atoms with Gasteiger partial charge in [-0.3, -0.25) is 4.79 Å². The molecule has 7 nitrogen and oxygen atoms in total. The van der Waals surface area contributed by atoms with Gasteiger partial charge in [-0.05, 0) is 38.0 Å². The number of amides is 1. The second kappa shape index (κ2) is 7.34. The number of rotatable bonds is 5. The van der Waals surface area contributed by atoms with E-state index in [9.17, 15) is 4.79 Å². The molecule has 4 aromatic heterocycles. The number of aromatic nitrogens is 5. The molecule has 0 spiro atoms. The molecule has 0 saturated heterocycles. The number of thiazole rings is 1. The Morgan fingerprint density at radius 2 is 2.15 bits per heavy atom. The van der Waals surface area contributed by atoms with Gasteiger partial charge >= 0.3 is 0 Å². The number of aryl methyl sites for hydroxylation is 2. The lowest BCUT2D eigenvalue weighted by atomic mass is 10.1. The van der Waals surface area contributed by atoms with Crippen molar-refractivity contribution in [1.29, 1.82) is 0 Å². The van der Waals surface area contributed by atoms with Gasteiger partial charge in [0.2, 0.25) is 5.91 Å². The third-order valence-electron chi connectivity index (χ3n) is 4.17. The third kappa shape index (κ3) is 3.71. The number of halogens is 1. The van der Waals surface area contributed by atoms with Crippen LogP contribution in [0.5, 0.6) is 0 Å². The van der Waals surface area contributed by atoms with Crippen LogP contribution >= 0.6 is 34.3 Å². The lowest BCUT2D eigenvalue weighted by Crippen LogP contribution is -2.14. The smallest absolute Gasteiger partial charge is 0.252 e. The van der Waals surface area contributed by atoms with Crippen molar-refractivity contribution in [2.45, 2.75) is 26.7 Å². The molecular formula is C17H15ClN6OS2. The molecule has 10 heteroatoms. The van der Waals surface area contributed by atoms with Gasteiger partial charge in [0, 0.05) is 23.2 Å². The summed E-state index contributed by atoms with van der Waals surface area (Å²) in [6.45, 7) is 3.89. The fraction of sp³-hybridized carbons (Fsp3) is 0.235. The van der Waals surface area contributed by atoms with Gasteiger partial charge in [-0.15, -0.1) is 22.7 Å². The maximum absolute atomic E-state index is 12.4. The molecule has 27 heavy (non-hydrogen) atoms. The van der Waals surface area contributed by atoms with Crippen molar-refractivity contribution in [2.24, 2.45) is 0 Å². The molecule has 0 aliphatic rings. The van der Waals surface area contributed by atoms with E-state index in [0.29, 0.717) is 28.1 Å². The first-order chi connectivity index (χ1) is 13.0. The number of nitrogens with one attached hydrogen (secondary N) is 1. The van der Waals surface area contributed by atoms with Crippen molar-refractivity contribution in [3.05, 3.63) is 45.1 Å². The molecular weight excluding hydrogens is 404 g/mol. The molecule has 0 aromatic carbocycles. The maximum Gasteiger partial charge on any atom is 0.252 e. The van der Waals surface area contributed by atoms with Gasteiger partial charge < -0.3 is 5.32 Å². The molecule has 1 N–H and O–H groups in total. The fourth-order valence-electron chi connectivity index (χ4n) is 2.83. The van der Waals surface area contributed by atoms with Gasteiger partial charge in [0.15, 0.2) is 5.13 Å². The van der Waals surface area contributed by atoms with Gasteiger partial charge in [0.1, 0.15) is 6.33 Å². The van der Waals surface area contributed by atoms with Crippen LogP contribution in [0.2, 0.25) is 4.34 Å². The van der Waals surface area contributed by atoms with Gasteiger partial charge in [0.25, 0.3) is 5.78 Å². The van der Waals surface area contributed by atoms with E-state index >= 15 is 0 Å². The van der Waals surface area contributed by atoms with Crippen LogP contribution in [0.1, 0.15) is 23.4 Å². The SMILES string of the molecule is Cc1nc2ncnn2c(C)c1CCC(=O)Nc1nc(-c2ccc(Cl)s2)cs1. The van der Waals surface area contributed by atoms with Crippen LogP contribution in [-0.4, -0.2) is 30.5 Å². The van der Waals surface area contributed by atoms with Crippen LogP contribution in [0.4, 0.5) is 5.13 Å². The Balaban J connectivity index is 1.42. The zero-order valence-corrected chi connectivity index (χ0v) is 17.0. The van der Waals surface area contributed by atoms with Crippen LogP contribution in [0.3, 0.4) is 0 Å². The largest absolute Gasteiger partial charge is 0.302 e. The molecule has 4 aromatic rings. The topological polar surface area (TPSA) is 85.1 Å². The van der Waals surface area contributed by atoms with E-state index in [-0.39, 0.29) is 5.91 Å². The second-order valence-corrected chi connectivity index (χ2v) is 8.50. The van der Waals surface area contributed by atoms with Crippen LogP contribution < -0.4 is 5.32 Å². The first-order valence-corrected chi connectivity index (χ1v) is 10.3. The third-order valence-corrected chi connectivity index (χ3v) is 6.18. The number of hydrogen-bond acceptors (Lipinski definition) is 7. The van der Waals surface area contributed by atoms with E-state index in [2.05, 4.69) is 25.4 Å². The highest BCUT2D eigenvalue weighted by Gasteiger charge is 2.14. The highest BCUT2D eigenvalue weighted by Crippen LogP contribution is 2.32. The summed E-state index contributed by atoms with van der Waals surface area (Å²) in [6, 6.07) is 3.76. The summed E-state index contributed by atoms with van der Waals surface area (Å²) in [5.74, 6) is 0.486. The predicted molar refractivity (Wildman–Crippen MR) is 108 cm³/mol. The van der Waals surface area contributed by atoms with Crippen molar-refractivity contribution in [2.75, 3.05) is 5.32 Å². The van der Waals surface area contributed by atoms with Crippen molar-refractivity contribution in [3.8, 4) is 10.6 Å². The Hall–Kier alpha value is -2.36. The average molecular weight is 419 g/mol. The van der Waals surface area contributed by atoms with Crippen LogP contribution in [0, 0.1) is 13.8 Å². The van der Waals surface area contributed by atoms with Gasteiger partial charge in [-0.25, -0.2) is 14.5 Å². The van der Waals surface area contributed by atoms with Gasteiger partial charge in [-0.1, -0.05) is 11.6 Å². The highest BCUT2D eigenvalue weighted by atomic mass is 35.5. The normalized spacial score (nSPS) is 11.2. The molecule has 0 radical (unpaired) electrons. The highest BCUT2D eigenvalue weighted by molar-refractivity contribution is 7.20. The molecule has 4 heterocycles. The standard InChI is InChI=1S/C17H15ClN6OS2/c1-9-11(10(2)24-16(21-9)19-8-20-24)3-6-15(25)23-17-22-12(7-26-17)13-4-5-14(18)27-13/h4-5,7-8H,3,6H2,1-2H3,(H,22,23,25). The van der Waals surface area contributed by atoms with E-state index in [0.717, 1.165) is 27.5 Å². The molecule has 0 aliphatic heterocycles. The summed E-state index contributed by atoms with van der Waals surface area (Å²) in [5.41, 5.74) is 3.65. The zero-order valence-electron chi connectivity index (χ0n) is 14.6. The number of carbonyl (C=O) groups excluding carboxylic acids is 1. The Morgan fingerprint density at radius 3 is 2.93 bits per heavy atom. The number of anilines is 1. The number of thiophene rings is 1.